The molecule has 0 spiro atoms. The van der Waals surface area contributed by atoms with Gasteiger partial charge in [-0.15, -0.1) is 0 Å². The number of fused-ring (bicyclic) bond motifs is 1. The number of rotatable bonds is 1. The molecule has 0 aliphatic carbocycles. The fourth-order valence-electron chi connectivity index (χ4n) is 2.32. The second-order valence-corrected chi connectivity index (χ2v) is 4.80. The minimum atomic E-state index is -0.442. The molecular weight excluding hydrogens is 256 g/mol. The quantitative estimate of drug-likeness (QED) is 0.599. The zero-order chi connectivity index (χ0) is 14.3. The molecule has 102 valence electrons. The molecule has 2 aromatic rings. The van der Waals surface area contributed by atoms with Gasteiger partial charge < -0.3 is 20.8 Å². The predicted octanol–water partition coefficient (Wildman–Crippen LogP) is 2.26. The standard InChI is InChI=1S/C15H14N2O3/c1-8-3-2-4-10-13(8)16-14(17-15(10)20)9-5-6-11(18)12(19)7-9/h2-7,14,16,18-19H,1H3,(H,17,20). The van der Waals surface area contributed by atoms with Crippen LogP contribution in [0.15, 0.2) is 36.4 Å². The molecule has 0 fully saturated rings. The number of para-hydroxylation sites is 1. The van der Waals surface area contributed by atoms with Gasteiger partial charge in [-0.1, -0.05) is 18.2 Å². The van der Waals surface area contributed by atoms with Crippen LogP contribution in [0.1, 0.15) is 27.7 Å². The van der Waals surface area contributed by atoms with Gasteiger partial charge in [0.25, 0.3) is 5.91 Å². The number of hydrogen-bond acceptors (Lipinski definition) is 4. The van der Waals surface area contributed by atoms with E-state index < -0.39 is 6.17 Å². The Balaban J connectivity index is 2.00. The highest BCUT2D eigenvalue weighted by atomic mass is 16.3. The fourth-order valence-corrected chi connectivity index (χ4v) is 2.32. The first kappa shape index (κ1) is 12.3. The number of aromatic hydroxyl groups is 2. The number of amides is 1. The van der Waals surface area contributed by atoms with Crippen molar-refractivity contribution in [1.82, 2.24) is 5.32 Å². The number of nitrogens with one attached hydrogen (secondary N) is 2. The minimum absolute atomic E-state index is 0.167. The summed E-state index contributed by atoms with van der Waals surface area (Å²) in [5, 5.41) is 24.9. The van der Waals surface area contributed by atoms with Crippen LogP contribution in [0.3, 0.4) is 0 Å². The van der Waals surface area contributed by atoms with Crippen molar-refractivity contribution in [2.75, 3.05) is 5.32 Å². The summed E-state index contributed by atoms with van der Waals surface area (Å²) in [6.07, 6.45) is -0.442. The zero-order valence-corrected chi connectivity index (χ0v) is 10.8. The third-order valence-corrected chi connectivity index (χ3v) is 3.41. The van der Waals surface area contributed by atoms with E-state index in [-0.39, 0.29) is 17.4 Å². The first-order chi connectivity index (χ1) is 9.56. The number of anilines is 1. The van der Waals surface area contributed by atoms with Gasteiger partial charge >= 0.3 is 0 Å². The Kier molecular flexibility index (Phi) is 2.75. The number of phenolic OH excluding ortho intramolecular Hbond substituents is 2. The molecule has 4 N–H and O–H groups in total. The van der Waals surface area contributed by atoms with Crippen LogP contribution in [-0.2, 0) is 0 Å². The van der Waals surface area contributed by atoms with E-state index in [1.54, 1.807) is 12.1 Å². The van der Waals surface area contributed by atoms with Gasteiger partial charge in [0.2, 0.25) is 0 Å². The Hall–Kier alpha value is -2.69. The fraction of sp³-hybridized carbons (Fsp3) is 0.133. The molecule has 0 radical (unpaired) electrons. The van der Waals surface area contributed by atoms with Crippen LogP contribution in [0, 0.1) is 6.92 Å². The van der Waals surface area contributed by atoms with Crippen molar-refractivity contribution in [3.63, 3.8) is 0 Å². The molecule has 0 bridgehead atoms. The summed E-state index contributed by atoms with van der Waals surface area (Å²) < 4.78 is 0. The normalized spacial score (nSPS) is 17.1. The summed E-state index contributed by atoms with van der Waals surface area (Å²) in [5.74, 6) is -0.568. The van der Waals surface area contributed by atoms with Crippen LogP contribution in [-0.4, -0.2) is 16.1 Å². The van der Waals surface area contributed by atoms with Crippen LogP contribution in [0.25, 0.3) is 0 Å². The van der Waals surface area contributed by atoms with E-state index in [0.717, 1.165) is 11.3 Å². The molecule has 1 atom stereocenters. The lowest BCUT2D eigenvalue weighted by Gasteiger charge is -2.29. The van der Waals surface area contributed by atoms with E-state index >= 15 is 0 Å². The summed E-state index contributed by atoms with van der Waals surface area (Å²) in [6.45, 7) is 1.93. The minimum Gasteiger partial charge on any atom is -0.504 e. The van der Waals surface area contributed by atoms with Gasteiger partial charge in [-0.25, -0.2) is 0 Å². The maximum Gasteiger partial charge on any atom is 0.255 e. The Morgan fingerprint density at radius 1 is 1.05 bits per heavy atom. The molecule has 1 heterocycles. The lowest BCUT2D eigenvalue weighted by Crippen LogP contribution is -2.38. The number of hydrogen-bond donors (Lipinski definition) is 4. The highest BCUT2D eigenvalue weighted by molar-refractivity contribution is 6.02. The zero-order valence-electron chi connectivity index (χ0n) is 10.8. The highest BCUT2D eigenvalue weighted by Gasteiger charge is 2.25. The van der Waals surface area contributed by atoms with Crippen molar-refractivity contribution in [3.05, 3.63) is 53.1 Å². The van der Waals surface area contributed by atoms with Crippen molar-refractivity contribution < 1.29 is 15.0 Å². The number of aryl methyl sites for hydroxylation is 1. The summed E-state index contributed by atoms with van der Waals surface area (Å²) >= 11 is 0. The third kappa shape index (κ3) is 1.93. The van der Waals surface area contributed by atoms with Gasteiger partial charge in [0.1, 0.15) is 6.17 Å². The Morgan fingerprint density at radius 3 is 2.60 bits per heavy atom. The molecule has 5 heteroatoms. The lowest BCUT2D eigenvalue weighted by molar-refractivity contribution is 0.0935. The van der Waals surface area contributed by atoms with Gasteiger partial charge in [-0.2, -0.15) is 0 Å². The first-order valence-electron chi connectivity index (χ1n) is 6.25. The van der Waals surface area contributed by atoms with Crippen LogP contribution >= 0.6 is 0 Å². The molecule has 5 nitrogen and oxygen atoms in total. The third-order valence-electron chi connectivity index (χ3n) is 3.41. The second-order valence-electron chi connectivity index (χ2n) is 4.80. The summed E-state index contributed by atoms with van der Waals surface area (Å²) in [4.78, 5) is 12.1. The van der Waals surface area contributed by atoms with Crippen LogP contribution in [0.4, 0.5) is 5.69 Å². The molecule has 1 unspecified atom stereocenters. The Labute approximate surface area is 115 Å². The van der Waals surface area contributed by atoms with Gasteiger partial charge in [0.05, 0.1) is 11.3 Å². The smallest absolute Gasteiger partial charge is 0.255 e. The van der Waals surface area contributed by atoms with Crippen molar-refractivity contribution in [1.29, 1.82) is 0 Å². The van der Waals surface area contributed by atoms with Crippen molar-refractivity contribution in [2.45, 2.75) is 13.1 Å². The number of phenols is 2. The molecule has 1 aliphatic rings. The maximum atomic E-state index is 12.1. The van der Waals surface area contributed by atoms with Gasteiger partial charge in [0.15, 0.2) is 11.5 Å². The van der Waals surface area contributed by atoms with Crippen molar-refractivity contribution in [2.24, 2.45) is 0 Å². The van der Waals surface area contributed by atoms with Crippen LogP contribution in [0.5, 0.6) is 11.5 Å². The topological polar surface area (TPSA) is 81.6 Å². The SMILES string of the molecule is Cc1cccc2c1NC(c1ccc(O)c(O)c1)NC2=O. The highest BCUT2D eigenvalue weighted by Crippen LogP contribution is 2.32. The van der Waals surface area contributed by atoms with Gasteiger partial charge in [-0.3, -0.25) is 4.79 Å². The van der Waals surface area contributed by atoms with Crippen molar-refractivity contribution in [3.8, 4) is 11.5 Å². The van der Waals surface area contributed by atoms with E-state index in [9.17, 15) is 15.0 Å². The molecule has 0 saturated carbocycles. The summed E-state index contributed by atoms with van der Waals surface area (Å²) in [7, 11) is 0. The molecule has 3 rings (SSSR count). The Bertz CT molecular complexity index is 698. The van der Waals surface area contributed by atoms with E-state index in [2.05, 4.69) is 10.6 Å². The molecule has 20 heavy (non-hydrogen) atoms. The average molecular weight is 270 g/mol. The number of carbonyl (C=O) groups excluding carboxylic acids is 1. The molecule has 1 amide bonds. The monoisotopic (exact) mass is 270 g/mol. The molecule has 1 aliphatic heterocycles. The number of carbonyl (C=O) groups is 1. The first-order valence-corrected chi connectivity index (χ1v) is 6.25. The average Bonchev–Trinajstić information content (AvgIpc) is 2.43. The molecular formula is C15H14N2O3. The molecule has 0 aromatic heterocycles. The van der Waals surface area contributed by atoms with Crippen LogP contribution < -0.4 is 10.6 Å². The van der Waals surface area contributed by atoms with E-state index in [4.69, 9.17) is 0 Å². The Morgan fingerprint density at radius 2 is 1.85 bits per heavy atom. The predicted molar refractivity (Wildman–Crippen MR) is 74.8 cm³/mol. The second kappa shape index (κ2) is 4.45. The number of benzene rings is 2. The summed E-state index contributed by atoms with van der Waals surface area (Å²) in [6, 6.07) is 9.99. The van der Waals surface area contributed by atoms with Gasteiger partial charge in [0, 0.05) is 0 Å². The van der Waals surface area contributed by atoms with E-state index in [1.165, 1.54) is 12.1 Å². The van der Waals surface area contributed by atoms with Crippen LogP contribution in [0.2, 0.25) is 0 Å². The largest absolute Gasteiger partial charge is 0.504 e. The molecule has 2 aromatic carbocycles. The summed E-state index contributed by atoms with van der Waals surface area (Å²) in [5.41, 5.74) is 3.03. The van der Waals surface area contributed by atoms with Crippen molar-refractivity contribution >= 4 is 11.6 Å². The lowest BCUT2D eigenvalue weighted by atomic mass is 10.0. The van der Waals surface area contributed by atoms with E-state index in [0.29, 0.717) is 11.1 Å². The maximum absolute atomic E-state index is 12.1. The van der Waals surface area contributed by atoms with Gasteiger partial charge in [-0.05, 0) is 36.2 Å². The van der Waals surface area contributed by atoms with E-state index in [1.807, 2.05) is 19.1 Å². The molecule has 0 saturated heterocycles.